The molecule has 0 unspecified atom stereocenters. The van der Waals surface area contributed by atoms with Crippen LogP contribution in [-0.4, -0.2) is 4.57 Å². The van der Waals surface area contributed by atoms with Crippen LogP contribution in [0.1, 0.15) is 22.3 Å². The second-order valence-electron chi connectivity index (χ2n) is 32.1. The summed E-state index contributed by atoms with van der Waals surface area (Å²) in [4.78, 5) is 5.05. The molecule has 20 aromatic carbocycles. The summed E-state index contributed by atoms with van der Waals surface area (Å²) >= 11 is 3.73. The molecule has 122 heavy (non-hydrogen) atoms. The van der Waals surface area contributed by atoms with Crippen LogP contribution >= 0.6 is 22.7 Å². The topological polar surface area (TPSA) is 11.4 Å². The lowest BCUT2D eigenvalue weighted by molar-refractivity contribution is 0.768. The van der Waals surface area contributed by atoms with Crippen LogP contribution in [0.5, 0.6) is 0 Å². The third kappa shape index (κ3) is 11.6. The van der Waals surface area contributed by atoms with E-state index in [1.807, 2.05) is 22.7 Å². The van der Waals surface area contributed by atoms with E-state index in [1.54, 1.807) is 0 Å². The molecule has 0 fully saturated rings. The van der Waals surface area contributed by atoms with E-state index in [1.165, 1.54) is 117 Å². The van der Waals surface area contributed by atoms with Crippen molar-refractivity contribution in [3.63, 3.8) is 0 Å². The quantitative estimate of drug-likeness (QED) is 0.101. The zero-order chi connectivity index (χ0) is 80.4. The molecular weight excluding hydrogens is 1510 g/mol. The van der Waals surface area contributed by atoms with Crippen LogP contribution in [-0.2, 0) is 5.41 Å². The number of benzene rings is 20. The fraction of sp³-hybridized carbons (Fsp3) is 0.00855. The molecule has 0 N–H and O–H groups in total. The Morgan fingerprint density at radius 2 is 0.631 bits per heavy atom. The average molecular weight is 1590 g/mol. The number of thiophene rings is 2. The van der Waals surface area contributed by atoms with Crippen molar-refractivity contribution in [1.82, 2.24) is 4.57 Å². The zero-order valence-corrected chi connectivity index (χ0v) is 68.1. The molecule has 0 saturated heterocycles. The summed E-state index contributed by atoms with van der Waals surface area (Å²) in [6.45, 7) is 0. The van der Waals surface area contributed by atoms with E-state index >= 15 is 0 Å². The molecule has 1 aliphatic carbocycles. The smallest absolute Gasteiger partial charge is 0.0714 e. The van der Waals surface area contributed by atoms with Crippen LogP contribution in [0.15, 0.2) is 455 Å². The number of nitrogens with zero attached hydrogens (tertiary/aromatic N) is 3. The lowest BCUT2D eigenvalue weighted by atomic mass is 9.67. The van der Waals surface area contributed by atoms with Crippen LogP contribution in [0.2, 0.25) is 0 Å². The maximum absolute atomic E-state index is 2.54. The third-order valence-electron chi connectivity index (χ3n) is 25.4. The number of fused-ring (bicyclic) bond motifs is 14. The van der Waals surface area contributed by atoms with Crippen LogP contribution in [0.4, 0.5) is 34.1 Å². The van der Waals surface area contributed by atoms with Crippen LogP contribution in [0.3, 0.4) is 0 Å². The standard InChI is InChI=1S/C117H75N3S2/c1-3-33-86(34-4-1)117(87-35-5-2-6-36-87)105-48-17-11-41-96(105)97-66-63-90(75-106(97)117)118(107-49-18-12-40-95(107)81-58-64-102-100-44-15-23-54-113(100)121-115(102)73-81)88-61-56-76(57-62-88)83-68-84(70-85(69-83)94-47-27-31-78-29-8-10-39-92(78)94)79-60-67-110(104(72-79)82-59-65-103-101-45-16-24-55-114(101)122-116(103)74-82)119(89-37-25-32-80(71-89)93-46-26-30-77-28-7-9-38-91(77)93)111-52-21-22-53-112(111)120-108-50-19-13-42-98(108)99-43-14-20-51-109(99)120/h1-75H. The van der Waals surface area contributed by atoms with Crippen LogP contribution in [0.25, 0.3) is 167 Å². The van der Waals surface area contributed by atoms with E-state index in [-0.39, 0.29) is 0 Å². The number of hydrogen-bond acceptors (Lipinski definition) is 4. The van der Waals surface area contributed by atoms with Gasteiger partial charge in [0.1, 0.15) is 0 Å². The predicted molar refractivity (Wildman–Crippen MR) is 521 cm³/mol. The van der Waals surface area contributed by atoms with Crippen molar-refractivity contribution in [3.8, 4) is 83.6 Å². The van der Waals surface area contributed by atoms with Gasteiger partial charge in [0.05, 0.1) is 39.2 Å². The molecule has 23 aromatic rings. The molecular formula is C117H75N3S2. The highest BCUT2D eigenvalue weighted by Crippen LogP contribution is 2.59. The molecule has 570 valence electrons. The molecule has 5 heteroatoms. The van der Waals surface area contributed by atoms with Gasteiger partial charge < -0.3 is 14.4 Å². The van der Waals surface area contributed by atoms with Crippen molar-refractivity contribution >= 4 is 140 Å². The molecule has 3 heterocycles. The highest BCUT2D eigenvalue weighted by Gasteiger charge is 2.46. The van der Waals surface area contributed by atoms with E-state index < -0.39 is 5.41 Å². The second kappa shape index (κ2) is 29.1. The van der Waals surface area contributed by atoms with Gasteiger partial charge in [-0.25, -0.2) is 0 Å². The van der Waals surface area contributed by atoms with Crippen molar-refractivity contribution in [3.05, 3.63) is 477 Å². The normalized spacial score (nSPS) is 12.3. The van der Waals surface area contributed by atoms with Gasteiger partial charge in [-0.2, -0.15) is 0 Å². The Hall–Kier alpha value is -15.2. The summed E-state index contributed by atoms with van der Waals surface area (Å²) in [5.74, 6) is 0. The average Bonchev–Trinajstić information content (AvgIpc) is 1.53. The van der Waals surface area contributed by atoms with E-state index in [4.69, 9.17) is 0 Å². The minimum absolute atomic E-state index is 0.615. The second-order valence-corrected chi connectivity index (χ2v) is 34.3. The monoisotopic (exact) mass is 1590 g/mol. The molecule has 3 aromatic heterocycles. The molecule has 0 atom stereocenters. The molecule has 24 rings (SSSR count). The Labute approximate surface area is 715 Å². The van der Waals surface area contributed by atoms with E-state index in [9.17, 15) is 0 Å². The first-order valence-electron chi connectivity index (χ1n) is 41.9. The number of rotatable bonds is 15. The van der Waals surface area contributed by atoms with Crippen molar-refractivity contribution in [2.45, 2.75) is 5.41 Å². The number of aromatic nitrogens is 1. The van der Waals surface area contributed by atoms with Gasteiger partial charge in [-0.05, 0) is 232 Å². The Morgan fingerprint density at radius 3 is 1.29 bits per heavy atom. The highest BCUT2D eigenvalue weighted by molar-refractivity contribution is 7.26. The lowest BCUT2D eigenvalue weighted by Crippen LogP contribution is -2.28. The van der Waals surface area contributed by atoms with Gasteiger partial charge in [-0.1, -0.05) is 334 Å². The fourth-order valence-corrected chi connectivity index (χ4v) is 22.2. The summed E-state index contributed by atoms with van der Waals surface area (Å²) in [6, 6.07) is 171. The number of para-hydroxylation sites is 5. The zero-order valence-electron chi connectivity index (χ0n) is 66.5. The summed E-state index contributed by atoms with van der Waals surface area (Å²) < 4.78 is 7.55. The minimum Gasteiger partial charge on any atom is -0.310 e. The van der Waals surface area contributed by atoms with E-state index in [0.29, 0.717) is 0 Å². The Bertz CT molecular complexity index is 8000. The first kappa shape index (κ1) is 70.9. The maximum Gasteiger partial charge on any atom is 0.0714 e. The number of anilines is 6. The minimum atomic E-state index is -0.615. The van der Waals surface area contributed by atoms with Crippen molar-refractivity contribution in [2.24, 2.45) is 0 Å². The largest absolute Gasteiger partial charge is 0.310 e. The Morgan fingerprint density at radius 1 is 0.197 bits per heavy atom. The lowest BCUT2D eigenvalue weighted by Gasteiger charge is -2.35. The summed E-state index contributed by atoms with van der Waals surface area (Å²) in [5.41, 5.74) is 30.1. The van der Waals surface area contributed by atoms with Gasteiger partial charge in [0, 0.05) is 79.3 Å². The van der Waals surface area contributed by atoms with E-state index in [0.717, 1.165) is 106 Å². The van der Waals surface area contributed by atoms with Gasteiger partial charge in [-0.3, -0.25) is 0 Å². The van der Waals surface area contributed by atoms with E-state index in [2.05, 4.69) is 469 Å². The number of hydrogen-bond donors (Lipinski definition) is 0. The van der Waals surface area contributed by atoms with Gasteiger partial charge in [0.2, 0.25) is 0 Å². The molecule has 0 amide bonds. The SMILES string of the molecule is c1ccc(C2(c3ccccc3)c3ccccc3-c3ccc(N(c4ccc(-c5cc(-c6ccc(N(c7cccc(-c8cccc9ccccc89)c7)c7ccccc7-n7c8ccccc8c8ccccc87)c(-c7ccc8c(c7)sc7ccccc78)c6)cc(-c6cccc7ccccc67)c5)cc4)c4ccccc4-c4ccc5c(c4)sc4ccccc45)cc32)cc1. The molecule has 1 aliphatic rings. The van der Waals surface area contributed by atoms with Crippen molar-refractivity contribution in [2.75, 3.05) is 9.80 Å². The maximum atomic E-state index is 2.54. The van der Waals surface area contributed by atoms with Crippen molar-refractivity contribution in [1.29, 1.82) is 0 Å². The summed E-state index contributed by atoms with van der Waals surface area (Å²) in [5, 5.41) is 12.3. The van der Waals surface area contributed by atoms with Gasteiger partial charge in [-0.15, -0.1) is 22.7 Å². The molecule has 3 nitrogen and oxygen atoms in total. The molecule has 0 bridgehead atoms. The Balaban J connectivity index is 0.715. The third-order valence-corrected chi connectivity index (χ3v) is 27.7. The Kier molecular flexibility index (Phi) is 16.9. The van der Waals surface area contributed by atoms with Gasteiger partial charge in [0.25, 0.3) is 0 Å². The van der Waals surface area contributed by atoms with Gasteiger partial charge >= 0.3 is 0 Å². The predicted octanol–water partition coefficient (Wildman–Crippen LogP) is 33.1. The summed E-state index contributed by atoms with van der Waals surface area (Å²) in [7, 11) is 0. The molecule has 0 saturated carbocycles. The highest BCUT2D eigenvalue weighted by atomic mass is 32.1. The molecule has 0 spiro atoms. The van der Waals surface area contributed by atoms with Gasteiger partial charge in [0.15, 0.2) is 0 Å². The fourth-order valence-electron chi connectivity index (χ4n) is 20.0. The molecule has 0 aliphatic heterocycles. The first-order valence-corrected chi connectivity index (χ1v) is 43.5. The van der Waals surface area contributed by atoms with Crippen molar-refractivity contribution < 1.29 is 0 Å². The summed E-state index contributed by atoms with van der Waals surface area (Å²) in [6.07, 6.45) is 0. The molecule has 0 radical (unpaired) electrons. The van der Waals surface area contributed by atoms with Crippen LogP contribution in [0, 0.1) is 0 Å². The first-order chi connectivity index (χ1) is 60.5. The van der Waals surface area contributed by atoms with Crippen LogP contribution < -0.4 is 9.80 Å².